The zero-order valence-corrected chi connectivity index (χ0v) is 17.3. The first-order valence-electron chi connectivity index (χ1n) is 8.45. The third-order valence-electron chi connectivity index (χ3n) is 4.06. The summed E-state index contributed by atoms with van der Waals surface area (Å²) in [5, 5.41) is 10.4. The van der Waals surface area contributed by atoms with Crippen molar-refractivity contribution in [2.45, 2.75) is 6.92 Å². The summed E-state index contributed by atoms with van der Waals surface area (Å²) in [5.41, 5.74) is 2.49. The highest BCUT2D eigenvalue weighted by Gasteiger charge is 2.17. The number of anilines is 1. The molecule has 29 heavy (non-hydrogen) atoms. The van der Waals surface area contributed by atoms with E-state index < -0.39 is 0 Å². The number of nitrogens with zero attached hydrogens (tertiary/aromatic N) is 3. The van der Waals surface area contributed by atoms with Gasteiger partial charge in [-0.3, -0.25) is 4.79 Å². The Morgan fingerprint density at radius 3 is 2.62 bits per heavy atom. The molecule has 0 spiro atoms. The van der Waals surface area contributed by atoms with E-state index in [1.807, 2.05) is 12.3 Å². The second kappa shape index (κ2) is 7.94. The molecule has 0 unspecified atom stereocenters. The Bertz CT molecular complexity index is 1200. The van der Waals surface area contributed by atoms with Gasteiger partial charge in [0.25, 0.3) is 5.91 Å². The lowest BCUT2D eigenvalue weighted by Crippen LogP contribution is -2.15. The molecular weight excluding hydrogens is 434 g/mol. The maximum Gasteiger partial charge on any atom is 0.258 e. The first kappa shape index (κ1) is 19.6. The molecule has 0 aliphatic heterocycles. The van der Waals surface area contributed by atoms with Crippen molar-refractivity contribution in [1.82, 2.24) is 14.8 Å². The van der Waals surface area contributed by atoms with Crippen LogP contribution >= 0.6 is 34.5 Å². The van der Waals surface area contributed by atoms with Gasteiger partial charge in [-0.15, -0.1) is 11.3 Å². The number of aromatic nitrogens is 3. The van der Waals surface area contributed by atoms with Crippen LogP contribution in [0.15, 0.2) is 53.9 Å². The molecule has 9 heteroatoms. The van der Waals surface area contributed by atoms with Gasteiger partial charge in [-0.25, -0.2) is 9.37 Å². The molecule has 1 amide bonds. The maximum absolute atomic E-state index is 13.2. The standard InChI is InChI=1S/C20H13Cl2FN4OS/c1-11-8-18(25-19(28)15-7-4-13(21)9-16(15)22)27(26-11)20-24-17(10-29-20)12-2-5-14(23)6-3-12/h2-10H,1H3,(H,25,28). The smallest absolute Gasteiger partial charge is 0.258 e. The molecule has 0 radical (unpaired) electrons. The van der Waals surface area contributed by atoms with Crippen LogP contribution in [0, 0.1) is 12.7 Å². The van der Waals surface area contributed by atoms with E-state index in [1.165, 1.54) is 29.5 Å². The average Bonchev–Trinajstić information content (AvgIpc) is 3.29. The van der Waals surface area contributed by atoms with Gasteiger partial charge in [-0.1, -0.05) is 23.2 Å². The van der Waals surface area contributed by atoms with E-state index in [0.717, 1.165) is 5.56 Å². The fraction of sp³-hybridized carbons (Fsp3) is 0.0500. The van der Waals surface area contributed by atoms with Crippen LogP contribution < -0.4 is 5.32 Å². The number of carbonyl (C=O) groups is 1. The SMILES string of the molecule is Cc1cc(NC(=O)c2ccc(Cl)cc2Cl)n(-c2nc(-c3ccc(F)cc3)cs2)n1. The molecule has 1 N–H and O–H groups in total. The molecule has 2 heterocycles. The average molecular weight is 447 g/mol. The molecule has 0 saturated carbocycles. The minimum absolute atomic E-state index is 0.255. The summed E-state index contributed by atoms with van der Waals surface area (Å²) < 4.78 is 14.7. The van der Waals surface area contributed by atoms with E-state index in [-0.39, 0.29) is 16.7 Å². The Hall–Kier alpha value is -2.74. The number of hydrogen-bond acceptors (Lipinski definition) is 4. The fourth-order valence-corrected chi connectivity index (χ4v) is 4.00. The predicted octanol–water partition coefficient (Wildman–Crippen LogP) is 6.00. The highest BCUT2D eigenvalue weighted by atomic mass is 35.5. The molecule has 4 rings (SSSR count). The van der Waals surface area contributed by atoms with Crippen LogP contribution in [0.1, 0.15) is 16.1 Å². The van der Waals surface area contributed by atoms with E-state index >= 15 is 0 Å². The van der Waals surface area contributed by atoms with Crippen LogP contribution in [0.2, 0.25) is 10.0 Å². The van der Waals surface area contributed by atoms with Gasteiger partial charge in [0.2, 0.25) is 5.13 Å². The lowest BCUT2D eigenvalue weighted by atomic mass is 10.2. The van der Waals surface area contributed by atoms with E-state index in [4.69, 9.17) is 23.2 Å². The molecule has 0 bridgehead atoms. The summed E-state index contributed by atoms with van der Waals surface area (Å²) in [6.45, 7) is 1.82. The van der Waals surface area contributed by atoms with Gasteiger partial charge in [-0.2, -0.15) is 9.78 Å². The Labute approximate surface area is 179 Å². The van der Waals surface area contributed by atoms with Gasteiger partial charge in [-0.05, 0) is 49.4 Å². The van der Waals surface area contributed by atoms with E-state index in [2.05, 4.69) is 15.4 Å². The second-order valence-electron chi connectivity index (χ2n) is 6.18. The molecule has 0 fully saturated rings. The molecule has 4 aromatic rings. The van der Waals surface area contributed by atoms with Gasteiger partial charge < -0.3 is 5.32 Å². The van der Waals surface area contributed by atoms with E-state index in [1.54, 1.807) is 35.0 Å². The molecule has 0 saturated heterocycles. The lowest BCUT2D eigenvalue weighted by molar-refractivity contribution is 0.102. The number of nitrogens with one attached hydrogen (secondary N) is 1. The first-order valence-corrected chi connectivity index (χ1v) is 10.1. The van der Waals surface area contributed by atoms with Gasteiger partial charge in [0.15, 0.2) is 0 Å². The van der Waals surface area contributed by atoms with Crippen LogP contribution in [-0.4, -0.2) is 20.7 Å². The highest BCUT2D eigenvalue weighted by Crippen LogP contribution is 2.27. The van der Waals surface area contributed by atoms with Crippen molar-refractivity contribution >= 4 is 46.3 Å². The Balaban J connectivity index is 1.63. The van der Waals surface area contributed by atoms with Crippen molar-refractivity contribution in [2.24, 2.45) is 0 Å². The third kappa shape index (κ3) is 4.17. The number of halogens is 3. The number of benzene rings is 2. The first-order chi connectivity index (χ1) is 13.9. The summed E-state index contributed by atoms with van der Waals surface area (Å²) >= 11 is 13.4. The molecule has 0 atom stereocenters. The zero-order valence-electron chi connectivity index (χ0n) is 15.0. The van der Waals surface area contributed by atoms with Gasteiger partial charge in [0, 0.05) is 22.0 Å². The largest absolute Gasteiger partial charge is 0.306 e. The van der Waals surface area contributed by atoms with Crippen molar-refractivity contribution in [2.75, 3.05) is 5.32 Å². The number of thiazole rings is 1. The monoisotopic (exact) mass is 446 g/mol. The molecule has 0 aliphatic carbocycles. The summed E-state index contributed by atoms with van der Waals surface area (Å²) in [7, 11) is 0. The van der Waals surface area contributed by atoms with Crippen molar-refractivity contribution in [1.29, 1.82) is 0 Å². The predicted molar refractivity (Wildman–Crippen MR) is 114 cm³/mol. The summed E-state index contributed by atoms with van der Waals surface area (Å²) in [6, 6.07) is 12.5. The van der Waals surface area contributed by atoms with Crippen molar-refractivity contribution in [3.63, 3.8) is 0 Å². The van der Waals surface area contributed by atoms with E-state index in [9.17, 15) is 9.18 Å². The molecule has 2 aromatic heterocycles. The van der Waals surface area contributed by atoms with Crippen LogP contribution in [0.25, 0.3) is 16.4 Å². The quantitative estimate of drug-likeness (QED) is 0.417. The molecule has 0 aliphatic rings. The minimum Gasteiger partial charge on any atom is -0.306 e. The highest BCUT2D eigenvalue weighted by molar-refractivity contribution is 7.12. The van der Waals surface area contributed by atoms with Gasteiger partial charge in [0.1, 0.15) is 11.6 Å². The number of aryl methyl sites for hydroxylation is 1. The Kier molecular flexibility index (Phi) is 5.36. The van der Waals surface area contributed by atoms with Crippen molar-refractivity contribution in [3.8, 4) is 16.4 Å². The number of amides is 1. The normalized spacial score (nSPS) is 10.9. The van der Waals surface area contributed by atoms with Crippen LogP contribution in [0.3, 0.4) is 0 Å². The molecule has 146 valence electrons. The van der Waals surface area contributed by atoms with Gasteiger partial charge >= 0.3 is 0 Å². The Morgan fingerprint density at radius 2 is 1.90 bits per heavy atom. The zero-order chi connectivity index (χ0) is 20.5. The second-order valence-corrected chi connectivity index (χ2v) is 7.86. The molecule has 5 nitrogen and oxygen atoms in total. The Morgan fingerprint density at radius 1 is 1.14 bits per heavy atom. The lowest BCUT2D eigenvalue weighted by Gasteiger charge is -2.08. The third-order valence-corrected chi connectivity index (χ3v) is 5.43. The topological polar surface area (TPSA) is 59.8 Å². The van der Waals surface area contributed by atoms with Crippen LogP contribution in [-0.2, 0) is 0 Å². The number of hydrogen-bond donors (Lipinski definition) is 1. The fourth-order valence-electron chi connectivity index (χ4n) is 2.71. The van der Waals surface area contributed by atoms with Crippen molar-refractivity contribution < 1.29 is 9.18 Å². The number of carbonyl (C=O) groups excluding carboxylic acids is 1. The summed E-state index contributed by atoms with van der Waals surface area (Å²) in [5.74, 6) is -0.237. The van der Waals surface area contributed by atoms with Crippen molar-refractivity contribution in [3.05, 3.63) is 81.0 Å². The summed E-state index contributed by atoms with van der Waals surface area (Å²) in [4.78, 5) is 17.2. The van der Waals surface area contributed by atoms with Gasteiger partial charge in [0.05, 0.1) is 22.0 Å². The number of rotatable bonds is 4. The van der Waals surface area contributed by atoms with Crippen LogP contribution in [0.4, 0.5) is 10.2 Å². The molecule has 2 aromatic carbocycles. The van der Waals surface area contributed by atoms with E-state index in [0.29, 0.717) is 32.9 Å². The molecular formula is C20H13Cl2FN4OS. The summed E-state index contributed by atoms with van der Waals surface area (Å²) in [6.07, 6.45) is 0. The minimum atomic E-state index is -0.386. The van der Waals surface area contributed by atoms with Crippen LogP contribution in [0.5, 0.6) is 0 Å². The maximum atomic E-state index is 13.2.